The molecule has 2 unspecified atom stereocenters. The van der Waals surface area contributed by atoms with Crippen molar-refractivity contribution >= 4 is 6.09 Å². The standard InChI is InChI=1S/C9H16N2O2/c1-9-5-10-4-3-7(9)13-8(12)11(2)6-9/h7,10H,3-6H2,1-2H3. The molecule has 0 spiro atoms. The number of carbonyl (C=O) groups is 1. The normalized spacial score (nSPS) is 39.7. The maximum absolute atomic E-state index is 11.3. The highest BCUT2D eigenvalue weighted by Crippen LogP contribution is 2.33. The van der Waals surface area contributed by atoms with Crippen molar-refractivity contribution in [3.63, 3.8) is 0 Å². The number of fused-ring (bicyclic) bond motifs is 1. The third-order valence-electron chi connectivity index (χ3n) is 3.04. The maximum atomic E-state index is 11.3. The van der Waals surface area contributed by atoms with Crippen LogP contribution in [0.4, 0.5) is 4.79 Å². The van der Waals surface area contributed by atoms with Gasteiger partial charge in [0.2, 0.25) is 0 Å². The molecule has 2 atom stereocenters. The van der Waals surface area contributed by atoms with Crippen molar-refractivity contribution in [2.45, 2.75) is 19.4 Å². The summed E-state index contributed by atoms with van der Waals surface area (Å²) in [6.07, 6.45) is 0.873. The van der Waals surface area contributed by atoms with Crippen LogP contribution in [0.5, 0.6) is 0 Å². The van der Waals surface area contributed by atoms with E-state index >= 15 is 0 Å². The molecule has 4 heteroatoms. The number of piperidine rings is 1. The second-order valence-electron chi connectivity index (χ2n) is 4.35. The second kappa shape index (κ2) is 2.87. The zero-order valence-corrected chi connectivity index (χ0v) is 8.17. The molecule has 0 aromatic rings. The van der Waals surface area contributed by atoms with Crippen LogP contribution >= 0.6 is 0 Å². The molecular weight excluding hydrogens is 168 g/mol. The maximum Gasteiger partial charge on any atom is 0.409 e. The van der Waals surface area contributed by atoms with Crippen LogP contribution in [0.3, 0.4) is 0 Å². The van der Waals surface area contributed by atoms with Gasteiger partial charge in [-0.1, -0.05) is 6.92 Å². The summed E-state index contributed by atoms with van der Waals surface area (Å²) >= 11 is 0. The summed E-state index contributed by atoms with van der Waals surface area (Å²) in [4.78, 5) is 12.9. The first-order chi connectivity index (χ1) is 6.12. The van der Waals surface area contributed by atoms with Gasteiger partial charge in [0, 0.05) is 25.6 Å². The van der Waals surface area contributed by atoms with Crippen molar-refractivity contribution in [3.8, 4) is 0 Å². The van der Waals surface area contributed by atoms with Gasteiger partial charge in [-0.05, 0) is 13.0 Å². The van der Waals surface area contributed by atoms with Crippen LogP contribution in [-0.2, 0) is 4.74 Å². The minimum atomic E-state index is -0.177. The van der Waals surface area contributed by atoms with Crippen LogP contribution < -0.4 is 5.32 Å². The van der Waals surface area contributed by atoms with Crippen LogP contribution in [0, 0.1) is 5.41 Å². The largest absolute Gasteiger partial charge is 0.445 e. The second-order valence-corrected chi connectivity index (χ2v) is 4.35. The van der Waals surface area contributed by atoms with Crippen LogP contribution in [0.25, 0.3) is 0 Å². The first kappa shape index (κ1) is 8.81. The lowest BCUT2D eigenvalue weighted by Gasteiger charge is -2.47. The van der Waals surface area contributed by atoms with Crippen LogP contribution in [0.1, 0.15) is 13.3 Å². The summed E-state index contributed by atoms with van der Waals surface area (Å²) < 4.78 is 5.35. The minimum absolute atomic E-state index is 0.0981. The van der Waals surface area contributed by atoms with Gasteiger partial charge < -0.3 is 15.0 Å². The van der Waals surface area contributed by atoms with Crippen molar-refractivity contribution in [1.29, 1.82) is 0 Å². The molecule has 0 bridgehead atoms. The average molecular weight is 184 g/mol. The lowest BCUT2D eigenvalue weighted by molar-refractivity contribution is -0.0659. The molecule has 2 rings (SSSR count). The van der Waals surface area contributed by atoms with Crippen molar-refractivity contribution in [2.75, 3.05) is 26.7 Å². The smallest absolute Gasteiger partial charge is 0.409 e. The third kappa shape index (κ3) is 1.39. The number of nitrogens with zero attached hydrogens (tertiary/aromatic N) is 1. The predicted molar refractivity (Wildman–Crippen MR) is 48.5 cm³/mol. The minimum Gasteiger partial charge on any atom is -0.445 e. The molecule has 0 saturated carbocycles. The van der Waals surface area contributed by atoms with Gasteiger partial charge in [-0.25, -0.2) is 4.79 Å². The van der Waals surface area contributed by atoms with Gasteiger partial charge in [0.05, 0.1) is 0 Å². The molecule has 2 aliphatic heterocycles. The van der Waals surface area contributed by atoms with Gasteiger partial charge in [-0.3, -0.25) is 0 Å². The summed E-state index contributed by atoms with van der Waals surface area (Å²) in [5.41, 5.74) is 0.0981. The molecule has 74 valence electrons. The highest BCUT2D eigenvalue weighted by Gasteiger charge is 2.44. The van der Waals surface area contributed by atoms with Crippen molar-refractivity contribution in [3.05, 3.63) is 0 Å². The monoisotopic (exact) mass is 184 g/mol. The molecule has 2 heterocycles. The summed E-state index contributed by atoms with van der Waals surface area (Å²) in [7, 11) is 1.79. The van der Waals surface area contributed by atoms with Crippen molar-refractivity contribution in [1.82, 2.24) is 10.2 Å². The Morgan fingerprint density at radius 3 is 3.23 bits per heavy atom. The van der Waals surface area contributed by atoms with Gasteiger partial charge in [0.1, 0.15) is 6.10 Å². The van der Waals surface area contributed by atoms with E-state index in [1.807, 2.05) is 0 Å². The Kier molecular flexibility index (Phi) is 1.95. The molecule has 4 nitrogen and oxygen atoms in total. The number of rotatable bonds is 0. The average Bonchev–Trinajstić information content (AvgIpc) is 2.07. The summed E-state index contributed by atoms with van der Waals surface area (Å²) in [5.74, 6) is 0. The topological polar surface area (TPSA) is 41.6 Å². The van der Waals surface area contributed by atoms with E-state index in [0.29, 0.717) is 0 Å². The number of nitrogens with one attached hydrogen (secondary N) is 1. The molecule has 2 aliphatic rings. The molecule has 1 amide bonds. The molecule has 1 N–H and O–H groups in total. The first-order valence-corrected chi connectivity index (χ1v) is 4.74. The van der Waals surface area contributed by atoms with Gasteiger partial charge in [0.15, 0.2) is 0 Å². The molecule has 0 radical (unpaired) electrons. The molecule has 13 heavy (non-hydrogen) atoms. The number of amides is 1. The molecule has 0 aromatic carbocycles. The lowest BCUT2D eigenvalue weighted by atomic mass is 9.78. The van der Waals surface area contributed by atoms with Gasteiger partial charge in [-0.15, -0.1) is 0 Å². The van der Waals surface area contributed by atoms with E-state index in [2.05, 4.69) is 12.2 Å². The summed E-state index contributed by atoms with van der Waals surface area (Å²) in [5, 5.41) is 3.34. The highest BCUT2D eigenvalue weighted by atomic mass is 16.6. The highest BCUT2D eigenvalue weighted by molar-refractivity contribution is 5.68. The van der Waals surface area contributed by atoms with E-state index in [4.69, 9.17) is 4.74 Å². The van der Waals surface area contributed by atoms with Crippen molar-refractivity contribution in [2.24, 2.45) is 5.41 Å². The lowest BCUT2D eigenvalue weighted by Crippen LogP contribution is -2.59. The van der Waals surface area contributed by atoms with E-state index in [1.165, 1.54) is 0 Å². The quantitative estimate of drug-likeness (QED) is 0.594. The fraction of sp³-hybridized carbons (Fsp3) is 0.889. The van der Waals surface area contributed by atoms with Crippen LogP contribution in [0.15, 0.2) is 0 Å². The SMILES string of the molecule is CN1CC2(C)CNCCC2OC1=O. The van der Waals surface area contributed by atoms with E-state index in [0.717, 1.165) is 26.1 Å². The fourth-order valence-corrected chi connectivity index (χ4v) is 2.25. The molecular formula is C9H16N2O2. The zero-order chi connectivity index (χ0) is 9.47. The Labute approximate surface area is 78.2 Å². The Balaban J connectivity index is 2.15. The molecule has 2 fully saturated rings. The third-order valence-corrected chi connectivity index (χ3v) is 3.04. The number of hydrogen-bond donors (Lipinski definition) is 1. The summed E-state index contributed by atoms with van der Waals surface area (Å²) in [6.45, 7) is 4.86. The number of hydrogen-bond acceptors (Lipinski definition) is 3. The van der Waals surface area contributed by atoms with Gasteiger partial charge in [-0.2, -0.15) is 0 Å². The van der Waals surface area contributed by atoms with Gasteiger partial charge in [0.25, 0.3) is 0 Å². The van der Waals surface area contributed by atoms with Crippen LogP contribution in [0.2, 0.25) is 0 Å². The first-order valence-electron chi connectivity index (χ1n) is 4.74. The van der Waals surface area contributed by atoms with Gasteiger partial charge >= 0.3 is 6.09 Å². The molecule has 2 saturated heterocycles. The predicted octanol–water partition coefficient (Wildman–Crippen LogP) is 0.437. The Morgan fingerprint density at radius 2 is 2.46 bits per heavy atom. The Bertz CT molecular complexity index is 232. The number of carbonyl (C=O) groups excluding carboxylic acids is 1. The van der Waals surface area contributed by atoms with Crippen molar-refractivity contribution < 1.29 is 9.53 Å². The number of ether oxygens (including phenoxy) is 1. The van der Waals surface area contributed by atoms with Crippen LogP contribution in [-0.4, -0.2) is 43.8 Å². The zero-order valence-electron chi connectivity index (χ0n) is 8.17. The van der Waals surface area contributed by atoms with E-state index in [-0.39, 0.29) is 17.6 Å². The fourth-order valence-electron chi connectivity index (χ4n) is 2.25. The van der Waals surface area contributed by atoms with E-state index in [1.54, 1.807) is 11.9 Å². The summed E-state index contributed by atoms with van der Waals surface area (Å²) in [6, 6.07) is 0. The van der Waals surface area contributed by atoms with E-state index in [9.17, 15) is 4.79 Å². The van der Waals surface area contributed by atoms with E-state index < -0.39 is 0 Å². The Morgan fingerprint density at radius 1 is 1.69 bits per heavy atom. The molecule has 0 aliphatic carbocycles. The molecule has 0 aromatic heterocycles. The Hall–Kier alpha value is -0.770.